The molecule has 0 aliphatic carbocycles. The van der Waals surface area contributed by atoms with Crippen LogP contribution >= 0.6 is 11.8 Å². The number of carbonyl (C=O) groups excluding carboxylic acids is 1. The Balaban J connectivity index is 2.19. The second-order valence-corrected chi connectivity index (χ2v) is 5.84. The summed E-state index contributed by atoms with van der Waals surface area (Å²) >= 11 is 1.70. The third-order valence-electron chi connectivity index (χ3n) is 3.19. The Kier molecular flexibility index (Phi) is 6.49. The van der Waals surface area contributed by atoms with Crippen LogP contribution in [0.5, 0.6) is 0 Å². The number of thioether (sulfide) groups is 1. The summed E-state index contributed by atoms with van der Waals surface area (Å²) in [6.07, 6.45) is 0. The van der Waals surface area contributed by atoms with Gasteiger partial charge < -0.3 is 9.84 Å². The van der Waals surface area contributed by atoms with Gasteiger partial charge in [0.1, 0.15) is 0 Å². The van der Waals surface area contributed by atoms with E-state index in [2.05, 4.69) is 12.1 Å². The van der Waals surface area contributed by atoms with E-state index in [4.69, 9.17) is 9.84 Å². The van der Waals surface area contributed by atoms with Crippen molar-refractivity contribution in [3.05, 3.63) is 59.7 Å². The Morgan fingerprint density at radius 2 is 1.86 bits per heavy atom. The molecule has 0 fully saturated rings. The fraction of sp³-hybridized carbons (Fsp3) is 0.278. The molecule has 0 unspecified atom stereocenters. The summed E-state index contributed by atoms with van der Waals surface area (Å²) in [6.45, 7) is 2.38. The standard InChI is InChI=1S/C18H20O3S/c1-2-21-18(20)17-6-4-3-5-16(17)15-9-7-14(8-10-15)13-22-12-11-19/h3-10,19H,2,11-13H2,1H3. The van der Waals surface area contributed by atoms with E-state index in [1.807, 2.05) is 30.3 Å². The number of ether oxygens (including phenoxy) is 1. The molecule has 4 heteroatoms. The van der Waals surface area contributed by atoms with Crippen molar-refractivity contribution >= 4 is 17.7 Å². The van der Waals surface area contributed by atoms with E-state index in [0.29, 0.717) is 12.2 Å². The van der Waals surface area contributed by atoms with Crippen molar-refractivity contribution in [2.45, 2.75) is 12.7 Å². The Morgan fingerprint density at radius 3 is 2.55 bits per heavy atom. The van der Waals surface area contributed by atoms with Crippen LogP contribution in [0.1, 0.15) is 22.8 Å². The highest BCUT2D eigenvalue weighted by atomic mass is 32.2. The molecule has 0 aromatic heterocycles. The number of rotatable bonds is 7. The van der Waals surface area contributed by atoms with Crippen molar-refractivity contribution in [3.63, 3.8) is 0 Å². The molecule has 0 atom stereocenters. The maximum Gasteiger partial charge on any atom is 0.338 e. The van der Waals surface area contributed by atoms with Crippen LogP contribution in [0.15, 0.2) is 48.5 Å². The van der Waals surface area contributed by atoms with Gasteiger partial charge in [0.25, 0.3) is 0 Å². The molecule has 0 saturated heterocycles. The lowest BCUT2D eigenvalue weighted by molar-refractivity contribution is 0.0527. The van der Waals surface area contributed by atoms with Gasteiger partial charge >= 0.3 is 5.97 Å². The highest BCUT2D eigenvalue weighted by Crippen LogP contribution is 2.25. The summed E-state index contributed by atoms with van der Waals surface area (Å²) in [6, 6.07) is 15.6. The van der Waals surface area contributed by atoms with E-state index < -0.39 is 0 Å². The third kappa shape index (κ3) is 4.36. The lowest BCUT2D eigenvalue weighted by Crippen LogP contribution is -2.06. The van der Waals surface area contributed by atoms with Crippen molar-refractivity contribution in [3.8, 4) is 11.1 Å². The fourth-order valence-corrected chi connectivity index (χ4v) is 2.86. The van der Waals surface area contributed by atoms with Crippen molar-refractivity contribution in [1.29, 1.82) is 0 Å². The maximum atomic E-state index is 12.0. The van der Waals surface area contributed by atoms with Crippen LogP contribution < -0.4 is 0 Å². The number of aliphatic hydroxyl groups is 1. The minimum Gasteiger partial charge on any atom is -0.462 e. The van der Waals surface area contributed by atoms with Gasteiger partial charge in [-0.3, -0.25) is 0 Å². The Morgan fingerprint density at radius 1 is 1.14 bits per heavy atom. The zero-order valence-electron chi connectivity index (χ0n) is 12.6. The van der Waals surface area contributed by atoms with Crippen LogP contribution in [0.3, 0.4) is 0 Å². The lowest BCUT2D eigenvalue weighted by atomic mass is 9.99. The van der Waals surface area contributed by atoms with Gasteiger partial charge in [0, 0.05) is 11.5 Å². The average Bonchev–Trinajstić information content (AvgIpc) is 2.56. The molecule has 116 valence electrons. The summed E-state index contributed by atoms with van der Waals surface area (Å²) in [5, 5.41) is 8.80. The largest absolute Gasteiger partial charge is 0.462 e. The van der Waals surface area contributed by atoms with Crippen molar-refractivity contribution < 1.29 is 14.6 Å². The second-order valence-electron chi connectivity index (χ2n) is 4.74. The number of aliphatic hydroxyl groups excluding tert-OH is 1. The van der Waals surface area contributed by atoms with Crippen LogP contribution in [0.2, 0.25) is 0 Å². The van der Waals surface area contributed by atoms with Crippen LogP contribution in [-0.2, 0) is 10.5 Å². The molecular formula is C18H20O3S. The Labute approximate surface area is 135 Å². The number of benzene rings is 2. The topological polar surface area (TPSA) is 46.5 Å². The number of carbonyl (C=O) groups is 1. The minimum atomic E-state index is -0.291. The molecule has 0 amide bonds. The van der Waals surface area contributed by atoms with Crippen molar-refractivity contribution in [2.24, 2.45) is 0 Å². The molecule has 3 nitrogen and oxygen atoms in total. The summed E-state index contributed by atoms with van der Waals surface area (Å²) in [5.41, 5.74) is 3.68. The first-order valence-corrected chi connectivity index (χ1v) is 8.45. The van der Waals surface area contributed by atoms with Crippen molar-refractivity contribution in [1.82, 2.24) is 0 Å². The quantitative estimate of drug-likeness (QED) is 0.624. The molecule has 0 spiro atoms. The van der Waals surface area contributed by atoms with Gasteiger partial charge in [-0.2, -0.15) is 11.8 Å². The van der Waals surface area contributed by atoms with E-state index in [1.165, 1.54) is 5.56 Å². The molecule has 2 aromatic carbocycles. The molecule has 0 saturated carbocycles. The van der Waals surface area contributed by atoms with E-state index in [-0.39, 0.29) is 12.6 Å². The van der Waals surface area contributed by atoms with Gasteiger partial charge in [0.15, 0.2) is 0 Å². The molecule has 1 N–H and O–H groups in total. The number of hydrogen-bond donors (Lipinski definition) is 1. The molecule has 0 radical (unpaired) electrons. The molecule has 0 aliphatic rings. The molecule has 22 heavy (non-hydrogen) atoms. The monoisotopic (exact) mass is 316 g/mol. The maximum absolute atomic E-state index is 12.0. The zero-order chi connectivity index (χ0) is 15.8. The first-order chi connectivity index (χ1) is 10.8. The van der Waals surface area contributed by atoms with Crippen molar-refractivity contribution in [2.75, 3.05) is 19.0 Å². The van der Waals surface area contributed by atoms with E-state index in [0.717, 1.165) is 22.6 Å². The highest BCUT2D eigenvalue weighted by molar-refractivity contribution is 7.98. The van der Waals surface area contributed by atoms with Crippen LogP contribution in [0.25, 0.3) is 11.1 Å². The van der Waals surface area contributed by atoms with Gasteiger partial charge in [0.05, 0.1) is 18.8 Å². The van der Waals surface area contributed by atoms with E-state index in [9.17, 15) is 4.79 Å². The zero-order valence-corrected chi connectivity index (χ0v) is 13.4. The molecule has 2 rings (SSSR count). The molecule has 0 heterocycles. The Hall–Kier alpha value is -1.78. The lowest BCUT2D eigenvalue weighted by Gasteiger charge is -2.09. The van der Waals surface area contributed by atoms with Gasteiger partial charge in [-0.25, -0.2) is 4.79 Å². The minimum absolute atomic E-state index is 0.204. The highest BCUT2D eigenvalue weighted by Gasteiger charge is 2.12. The van der Waals surface area contributed by atoms with Gasteiger partial charge in [-0.1, -0.05) is 42.5 Å². The predicted octanol–water partition coefficient (Wildman–Crippen LogP) is 3.76. The van der Waals surface area contributed by atoms with Gasteiger partial charge in [-0.15, -0.1) is 0 Å². The number of hydrogen-bond acceptors (Lipinski definition) is 4. The Bertz CT molecular complexity index is 608. The van der Waals surface area contributed by atoms with Gasteiger partial charge in [0.2, 0.25) is 0 Å². The average molecular weight is 316 g/mol. The molecule has 0 bridgehead atoms. The van der Waals surface area contributed by atoms with Crippen LogP contribution in [0, 0.1) is 0 Å². The summed E-state index contributed by atoms with van der Waals surface area (Å²) in [4.78, 5) is 12.0. The van der Waals surface area contributed by atoms with E-state index in [1.54, 1.807) is 24.8 Å². The van der Waals surface area contributed by atoms with E-state index >= 15 is 0 Å². The second kappa shape index (κ2) is 8.61. The smallest absolute Gasteiger partial charge is 0.338 e. The first kappa shape index (κ1) is 16.6. The summed E-state index contributed by atoms with van der Waals surface area (Å²) < 4.78 is 5.11. The fourth-order valence-electron chi connectivity index (χ4n) is 2.16. The molecular weight excluding hydrogens is 296 g/mol. The third-order valence-corrected chi connectivity index (χ3v) is 4.20. The molecule has 0 aliphatic heterocycles. The van der Waals surface area contributed by atoms with Gasteiger partial charge in [-0.05, 0) is 29.7 Å². The molecule has 2 aromatic rings. The SMILES string of the molecule is CCOC(=O)c1ccccc1-c1ccc(CSCCO)cc1. The number of esters is 1. The predicted molar refractivity (Wildman–Crippen MR) is 91.1 cm³/mol. The summed E-state index contributed by atoms with van der Waals surface area (Å²) in [7, 11) is 0. The first-order valence-electron chi connectivity index (χ1n) is 7.30. The summed E-state index contributed by atoms with van der Waals surface area (Å²) in [5.74, 6) is 1.33. The van der Waals surface area contributed by atoms with Crippen LogP contribution in [0.4, 0.5) is 0 Å². The van der Waals surface area contributed by atoms with Crippen LogP contribution in [-0.4, -0.2) is 30.0 Å². The normalized spacial score (nSPS) is 10.5.